The SMILES string of the molecule is Cc1ccc(Oc2ccc(N(CC(NCc3ccncc3)C(=O)NO)S(C)(=O)=O)cc2)cc1. The van der Waals surface area contributed by atoms with Gasteiger partial charge >= 0.3 is 0 Å². The van der Waals surface area contributed by atoms with Crippen LogP contribution in [0.1, 0.15) is 11.1 Å². The highest BCUT2D eigenvalue weighted by Gasteiger charge is 2.26. The summed E-state index contributed by atoms with van der Waals surface area (Å²) in [5.74, 6) is 0.446. The number of anilines is 1. The van der Waals surface area contributed by atoms with Crippen molar-refractivity contribution in [1.29, 1.82) is 0 Å². The maximum absolute atomic E-state index is 12.5. The topological polar surface area (TPSA) is 121 Å². The smallest absolute Gasteiger partial charge is 0.262 e. The standard InChI is InChI=1S/C23H26N4O5S/c1-17-3-7-20(8-4-17)32-21-9-5-19(6-10-21)27(33(2,30)31)16-22(23(28)26-29)25-15-18-11-13-24-14-12-18/h3-14,22,25,29H,15-16H2,1-2H3,(H,26,28). The molecule has 10 heteroatoms. The van der Waals surface area contributed by atoms with Crippen LogP contribution < -0.4 is 19.8 Å². The Morgan fingerprint density at radius 2 is 1.61 bits per heavy atom. The molecule has 2 aromatic carbocycles. The molecule has 0 radical (unpaired) electrons. The van der Waals surface area contributed by atoms with E-state index in [2.05, 4.69) is 10.3 Å². The molecule has 33 heavy (non-hydrogen) atoms. The van der Waals surface area contributed by atoms with Crippen molar-refractivity contribution in [2.75, 3.05) is 17.1 Å². The summed E-state index contributed by atoms with van der Waals surface area (Å²) in [6.07, 6.45) is 4.28. The number of nitrogens with zero attached hydrogens (tertiary/aromatic N) is 2. The average Bonchev–Trinajstić information content (AvgIpc) is 2.81. The number of aromatic nitrogens is 1. The van der Waals surface area contributed by atoms with Crippen molar-refractivity contribution in [1.82, 2.24) is 15.8 Å². The number of rotatable bonds is 10. The molecule has 9 nitrogen and oxygen atoms in total. The maximum Gasteiger partial charge on any atom is 0.262 e. The van der Waals surface area contributed by atoms with Crippen molar-refractivity contribution >= 4 is 21.6 Å². The summed E-state index contributed by atoms with van der Waals surface area (Å²) in [7, 11) is -3.73. The fraction of sp³-hybridized carbons (Fsp3) is 0.217. The van der Waals surface area contributed by atoms with Gasteiger partial charge in [-0.15, -0.1) is 0 Å². The lowest BCUT2D eigenvalue weighted by Gasteiger charge is -2.27. The van der Waals surface area contributed by atoms with Gasteiger partial charge < -0.3 is 10.1 Å². The lowest BCUT2D eigenvalue weighted by molar-refractivity contribution is -0.131. The largest absolute Gasteiger partial charge is 0.457 e. The minimum atomic E-state index is -3.73. The van der Waals surface area contributed by atoms with E-state index in [1.807, 2.05) is 31.2 Å². The van der Waals surface area contributed by atoms with Crippen LogP contribution in [0.3, 0.4) is 0 Å². The predicted molar refractivity (Wildman–Crippen MR) is 125 cm³/mol. The number of hydrogen-bond donors (Lipinski definition) is 3. The summed E-state index contributed by atoms with van der Waals surface area (Å²) in [6.45, 7) is 2.03. The number of amides is 1. The lowest BCUT2D eigenvalue weighted by atomic mass is 10.2. The molecule has 3 rings (SSSR count). The molecule has 0 saturated heterocycles. The molecule has 1 unspecified atom stereocenters. The van der Waals surface area contributed by atoms with Gasteiger partial charge in [0.2, 0.25) is 10.0 Å². The molecule has 174 valence electrons. The molecule has 3 aromatic rings. The summed E-state index contributed by atoms with van der Waals surface area (Å²) in [5, 5.41) is 12.1. The molecular formula is C23H26N4O5S. The summed E-state index contributed by atoms with van der Waals surface area (Å²) < 4.78 is 31.9. The summed E-state index contributed by atoms with van der Waals surface area (Å²) >= 11 is 0. The number of benzene rings is 2. The number of nitrogens with one attached hydrogen (secondary N) is 2. The summed E-state index contributed by atoms with van der Waals surface area (Å²) in [5.41, 5.74) is 3.91. The van der Waals surface area contributed by atoms with Crippen molar-refractivity contribution in [3.8, 4) is 11.5 Å². The summed E-state index contributed by atoms with van der Waals surface area (Å²) in [6, 6.07) is 16.6. The highest BCUT2D eigenvalue weighted by molar-refractivity contribution is 7.92. The zero-order chi connectivity index (χ0) is 23.8. The van der Waals surface area contributed by atoms with E-state index in [0.29, 0.717) is 17.2 Å². The van der Waals surface area contributed by atoms with Gasteiger partial charge in [0, 0.05) is 18.9 Å². The van der Waals surface area contributed by atoms with Crippen LogP contribution in [0, 0.1) is 6.92 Å². The van der Waals surface area contributed by atoms with Gasteiger partial charge in [0.25, 0.3) is 5.91 Å². The third-order valence-electron chi connectivity index (χ3n) is 4.86. The van der Waals surface area contributed by atoms with Gasteiger partial charge in [0.05, 0.1) is 18.5 Å². The Hall–Kier alpha value is -3.47. The van der Waals surface area contributed by atoms with Crippen LogP contribution in [0.15, 0.2) is 73.1 Å². The molecule has 0 aliphatic rings. The van der Waals surface area contributed by atoms with E-state index in [4.69, 9.17) is 9.94 Å². The van der Waals surface area contributed by atoms with Crippen LogP contribution in [0.5, 0.6) is 11.5 Å². The second-order valence-electron chi connectivity index (χ2n) is 7.47. The van der Waals surface area contributed by atoms with Gasteiger partial charge in [-0.1, -0.05) is 17.7 Å². The van der Waals surface area contributed by atoms with Crippen LogP contribution >= 0.6 is 0 Å². The minimum Gasteiger partial charge on any atom is -0.457 e. The number of carbonyl (C=O) groups excluding carboxylic acids is 1. The third kappa shape index (κ3) is 7.01. The maximum atomic E-state index is 12.5. The number of pyridine rings is 1. The van der Waals surface area contributed by atoms with Crippen molar-refractivity contribution < 1.29 is 23.2 Å². The number of hydroxylamine groups is 1. The van der Waals surface area contributed by atoms with E-state index < -0.39 is 22.0 Å². The number of aryl methyl sites for hydroxylation is 1. The van der Waals surface area contributed by atoms with Gasteiger partial charge in [-0.2, -0.15) is 0 Å². The monoisotopic (exact) mass is 470 g/mol. The first-order valence-electron chi connectivity index (χ1n) is 10.1. The van der Waals surface area contributed by atoms with Crippen LogP contribution in [0.4, 0.5) is 5.69 Å². The highest BCUT2D eigenvalue weighted by atomic mass is 32.2. The molecule has 0 bridgehead atoms. The molecule has 1 amide bonds. The molecule has 3 N–H and O–H groups in total. The van der Waals surface area contributed by atoms with Crippen molar-refractivity contribution in [3.63, 3.8) is 0 Å². The second-order valence-corrected chi connectivity index (χ2v) is 9.37. The normalized spacial score (nSPS) is 12.1. The molecule has 1 heterocycles. The highest BCUT2D eigenvalue weighted by Crippen LogP contribution is 2.26. The fourth-order valence-corrected chi connectivity index (χ4v) is 4.01. The average molecular weight is 471 g/mol. The third-order valence-corrected chi connectivity index (χ3v) is 6.02. The molecule has 0 aliphatic carbocycles. The predicted octanol–water partition coefficient (Wildman–Crippen LogP) is 2.61. The Labute approximate surface area is 193 Å². The Balaban J connectivity index is 1.77. The first-order chi connectivity index (χ1) is 15.8. The molecule has 1 atom stereocenters. The van der Waals surface area contributed by atoms with Gasteiger partial charge in [-0.3, -0.25) is 19.3 Å². The zero-order valence-corrected chi connectivity index (χ0v) is 19.1. The van der Waals surface area contributed by atoms with Gasteiger partial charge in [0.15, 0.2) is 0 Å². The van der Waals surface area contributed by atoms with Gasteiger partial charge in [0.1, 0.15) is 17.5 Å². The van der Waals surface area contributed by atoms with Crippen molar-refractivity contribution in [2.45, 2.75) is 19.5 Å². The molecular weight excluding hydrogens is 444 g/mol. The fourth-order valence-electron chi connectivity index (χ4n) is 3.08. The molecule has 0 fully saturated rings. The van der Waals surface area contributed by atoms with E-state index in [9.17, 15) is 13.2 Å². The lowest BCUT2D eigenvalue weighted by Crippen LogP contribution is -2.51. The quantitative estimate of drug-likeness (QED) is 0.308. The second kappa shape index (κ2) is 10.9. The number of carbonyl (C=O) groups is 1. The molecule has 0 spiro atoms. The van der Waals surface area contributed by atoms with E-state index >= 15 is 0 Å². The molecule has 1 aromatic heterocycles. The Morgan fingerprint density at radius 3 is 2.15 bits per heavy atom. The Morgan fingerprint density at radius 1 is 1.03 bits per heavy atom. The number of hydrogen-bond acceptors (Lipinski definition) is 7. The first-order valence-corrected chi connectivity index (χ1v) is 12.0. The van der Waals surface area contributed by atoms with Crippen LogP contribution in [-0.4, -0.2) is 43.4 Å². The Bertz CT molecular complexity index is 1150. The molecule has 0 aliphatic heterocycles. The van der Waals surface area contributed by atoms with E-state index in [1.54, 1.807) is 54.3 Å². The van der Waals surface area contributed by atoms with E-state index in [1.165, 1.54) is 0 Å². The van der Waals surface area contributed by atoms with Crippen LogP contribution in [0.25, 0.3) is 0 Å². The van der Waals surface area contributed by atoms with E-state index in [-0.39, 0.29) is 13.1 Å². The van der Waals surface area contributed by atoms with E-state index in [0.717, 1.165) is 21.7 Å². The minimum absolute atomic E-state index is 0.228. The molecule has 0 saturated carbocycles. The van der Waals surface area contributed by atoms with Crippen LogP contribution in [0.2, 0.25) is 0 Å². The number of ether oxygens (including phenoxy) is 1. The summed E-state index contributed by atoms with van der Waals surface area (Å²) in [4.78, 5) is 16.2. The Kier molecular flexibility index (Phi) is 7.99. The van der Waals surface area contributed by atoms with Crippen molar-refractivity contribution in [3.05, 3.63) is 84.2 Å². The number of sulfonamides is 1. The van der Waals surface area contributed by atoms with Gasteiger partial charge in [-0.25, -0.2) is 13.9 Å². The first kappa shape index (κ1) is 24.2. The van der Waals surface area contributed by atoms with Crippen LogP contribution in [-0.2, 0) is 21.4 Å². The van der Waals surface area contributed by atoms with Crippen molar-refractivity contribution in [2.24, 2.45) is 0 Å². The zero-order valence-electron chi connectivity index (χ0n) is 18.3. The van der Waals surface area contributed by atoms with Gasteiger partial charge in [-0.05, 0) is 61.0 Å².